The molecule has 3 aromatic rings. The third-order valence-electron chi connectivity index (χ3n) is 4.71. The lowest BCUT2D eigenvalue weighted by atomic mass is 10.0. The predicted octanol–water partition coefficient (Wildman–Crippen LogP) is 6.65. The van der Waals surface area contributed by atoms with Gasteiger partial charge in [0.1, 0.15) is 17.1 Å². The van der Waals surface area contributed by atoms with Crippen LogP contribution in [0.25, 0.3) is 10.8 Å². The third kappa shape index (κ3) is 4.70. The first-order valence-corrected chi connectivity index (χ1v) is 9.21. The van der Waals surface area contributed by atoms with Crippen molar-refractivity contribution >= 4 is 16.7 Å². The number of fused-ring (bicyclic) bond motifs is 1. The summed E-state index contributed by atoms with van der Waals surface area (Å²) in [6.07, 6.45) is -4.10. The number of benzene rings is 3. The molecule has 0 spiro atoms. The lowest BCUT2D eigenvalue weighted by molar-refractivity contribution is -0.139. The van der Waals surface area contributed by atoms with Crippen molar-refractivity contribution in [3.8, 4) is 11.5 Å². The van der Waals surface area contributed by atoms with Gasteiger partial charge < -0.3 is 9.47 Å². The molecule has 0 unspecified atom stereocenters. The third-order valence-corrected chi connectivity index (χ3v) is 4.71. The van der Waals surface area contributed by atoms with Crippen molar-refractivity contribution < 1.29 is 27.4 Å². The number of carbonyl (C=O) groups excluding carboxylic acids is 1. The van der Waals surface area contributed by atoms with Crippen LogP contribution in [-0.2, 0) is 6.18 Å². The molecule has 0 amide bonds. The number of carbonyl (C=O) groups is 1. The summed E-state index contributed by atoms with van der Waals surface area (Å²) in [5.41, 5.74) is -1.77. The van der Waals surface area contributed by atoms with Gasteiger partial charge in [-0.15, -0.1) is 0 Å². The summed E-state index contributed by atoms with van der Waals surface area (Å²) in [4.78, 5) is 12.6. The molecule has 3 nitrogen and oxygen atoms in total. The Morgan fingerprint density at radius 3 is 2.31 bits per heavy atom. The lowest BCUT2D eigenvalue weighted by Gasteiger charge is -2.27. The summed E-state index contributed by atoms with van der Waals surface area (Å²) >= 11 is 0. The number of hydrogen-bond donors (Lipinski definition) is 0. The molecule has 0 aliphatic heterocycles. The van der Waals surface area contributed by atoms with E-state index in [4.69, 9.17) is 9.47 Å². The Morgan fingerprint density at radius 1 is 0.931 bits per heavy atom. The molecule has 0 atom stereocenters. The van der Waals surface area contributed by atoms with Crippen LogP contribution in [0, 0.1) is 0 Å². The van der Waals surface area contributed by atoms with E-state index in [0.29, 0.717) is 12.2 Å². The van der Waals surface area contributed by atoms with Crippen molar-refractivity contribution in [2.24, 2.45) is 0 Å². The van der Waals surface area contributed by atoms with Crippen LogP contribution in [0.4, 0.5) is 13.2 Å². The van der Waals surface area contributed by atoms with Gasteiger partial charge in [-0.05, 0) is 49.9 Å². The van der Waals surface area contributed by atoms with Crippen LogP contribution in [0.15, 0.2) is 60.7 Å². The van der Waals surface area contributed by atoms with E-state index in [0.717, 1.165) is 29.0 Å². The van der Waals surface area contributed by atoms with Crippen molar-refractivity contribution in [3.63, 3.8) is 0 Å². The van der Waals surface area contributed by atoms with Crippen molar-refractivity contribution in [2.75, 3.05) is 0 Å². The summed E-state index contributed by atoms with van der Waals surface area (Å²) in [6.45, 7) is 5.19. The second kappa shape index (κ2) is 7.78. The Balaban J connectivity index is 1.96. The minimum atomic E-state index is -4.60. The molecule has 0 aliphatic rings. The monoisotopic (exact) mass is 402 g/mol. The quantitative estimate of drug-likeness (QED) is 0.354. The van der Waals surface area contributed by atoms with Crippen LogP contribution in [0.5, 0.6) is 11.5 Å². The van der Waals surface area contributed by atoms with Crippen molar-refractivity contribution in [1.29, 1.82) is 0 Å². The van der Waals surface area contributed by atoms with Crippen molar-refractivity contribution in [2.45, 2.75) is 39.0 Å². The van der Waals surface area contributed by atoms with Gasteiger partial charge in [0.15, 0.2) is 0 Å². The maximum Gasteiger partial charge on any atom is 0.419 e. The predicted molar refractivity (Wildman–Crippen MR) is 105 cm³/mol. The summed E-state index contributed by atoms with van der Waals surface area (Å²) in [5, 5.41) is 1.62. The molecule has 152 valence electrons. The Kier molecular flexibility index (Phi) is 5.55. The zero-order valence-electron chi connectivity index (χ0n) is 16.3. The zero-order chi connectivity index (χ0) is 21.2. The van der Waals surface area contributed by atoms with E-state index < -0.39 is 29.1 Å². The highest BCUT2D eigenvalue weighted by Crippen LogP contribution is 2.39. The van der Waals surface area contributed by atoms with E-state index in [1.54, 1.807) is 26.0 Å². The zero-order valence-corrected chi connectivity index (χ0v) is 16.3. The number of rotatable bonds is 5. The maximum absolute atomic E-state index is 13.4. The fourth-order valence-corrected chi connectivity index (χ4v) is 2.78. The standard InChI is InChI=1S/C23H21F3O3/c1-4-22(2,3)29-20-14-16(12-13-18(20)23(24,25)26)21(27)28-19-11-7-9-15-8-5-6-10-17(15)19/h5-14H,4H2,1-3H3. The fourth-order valence-electron chi connectivity index (χ4n) is 2.78. The van der Waals surface area contributed by atoms with Gasteiger partial charge in [0.25, 0.3) is 0 Å². The highest BCUT2D eigenvalue weighted by atomic mass is 19.4. The summed E-state index contributed by atoms with van der Waals surface area (Å²) in [7, 11) is 0. The topological polar surface area (TPSA) is 35.5 Å². The van der Waals surface area contributed by atoms with Gasteiger partial charge in [0, 0.05) is 5.39 Å². The lowest BCUT2D eigenvalue weighted by Crippen LogP contribution is -2.28. The highest BCUT2D eigenvalue weighted by molar-refractivity contribution is 5.95. The molecule has 0 N–H and O–H groups in total. The van der Waals surface area contributed by atoms with Gasteiger partial charge in [-0.1, -0.05) is 43.3 Å². The number of ether oxygens (including phenoxy) is 2. The molecule has 0 radical (unpaired) electrons. The molecule has 0 aliphatic carbocycles. The summed E-state index contributed by atoms with van der Waals surface area (Å²) in [6, 6.07) is 15.7. The fraction of sp³-hybridized carbons (Fsp3) is 0.261. The van der Waals surface area contributed by atoms with Gasteiger partial charge in [-0.25, -0.2) is 4.79 Å². The van der Waals surface area contributed by atoms with Crippen molar-refractivity contribution in [3.05, 3.63) is 71.8 Å². The molecular formula is C23H21F3O3. The first-order chi connectivity index (χ1) is 13.6. The minimum Gasteiger partial charge on any atom is -0.487 e. The molecule has 3 aromatic carbocycles. The Morgan fingerprint density at radius 2 is 1.62 bits per heavy atom. The molecule has 29 heavy (non-hydrogen) atoms. The van der Waals surface area contributed by atoms with Crippen LogP contribution in [0.2, 0.25) is 0 Å². The number of halogens is 3. The van der Waals surface area contributed by atoms with Gasteiger partial charge >= 0.3 is 12.1 Å². The van der Waals surface area contributed by atoms with E-state index in [9.17, 15) is 18.0 Å². The van der Waals surface area contributed by atoms with Crippen molar-refractivity contribution in [1.82, 2.24) is 0 Å². The highest BCUT2D eigenvalue weighted by Gasteiger charge is 2.36. The molecule has 0 heterocycles. The first kappa shape index (κ1) is 20.7. The number of hydrogen-bond acceptors (Lipinski definition) is 3. The normalized spacial score (nSPS) is 12.1. The van der Waals surface area contributed by atoms with Gasteiger partial charge in [-0.3, -0.25) is 0 Å². The van der Waals surface area contributed by atoms with Gasteiger partial charge in [0.05, 0.1) is 11.1 Å². The average molecular weight is 402 g/mol. The molecule has 6 heteroatoms. The summed E-state index contributed by atoms with van der Waals surface area (Å²) < 4.78 is 51.2. The second-order valence-electron chi connectivity index (χ2n) is 7.29. The largest absolute Gasteiger partial charge is 0.487 e. The van der Waals surface area contributed by atoms with Crippen LogP contribution < -0.4 is 9.47 Å². The molecule has 0 saturated heterocycles. The number of esters is 1. The molecule has 0 bridgehead atoms. The molecule has 0 aromatic heterocycles. The van der Waals surface area contributed by atoms with E-state index in [2.05, 4.69) is 0 Å². The SMILES string of the molecule is CCC(C)(C)Oc1cc(C(=O)Oc2cccc3ccccc23)ccc1C(F)(F)F. The average Bonchev–Trinajstić information content (AvgIpc) is 2.67. The number of alkyl halides is 3. The molecular weight excluding hydrogens is 381 g/mol. The molecule has 3 rings (SSSR count). The van der Waals surface area contributed by atoms with E-state index in [1.807, 2.05) is 37.3 Å². The van der Waals surface area contributed by atoms with Crippen LogP contribution >= 0.6 is 0 Å². The molecule has 0 saturated carbocycles. The van der Waals surface area contributed by atoms with Gasteiger partial charge in [-0.2, -0.15) is 13.2 Å². The maximum atomic E-state index is 13.4. The van der Waals surface area contributed by atoms with Crippen LogP contribution in [0.3, 0.4) is 0 Å². The summed E-state index contributed by atoms with van der Waals surface area (Å²) in [5.74, 6) is -0.810. The van der Waals surface area contributed by atoms with Gasteiger partial charge in [0.2, 0.25) is 0 Å². The molecule has 0 fully saturated rings. The van der Waals surface area contributed by atoms with E-state index >= 15 is 0 Å². The van der Waals surface area contributed by atoms with E-state index in [1.165, 1.54) is 0 Å². The van der Waals surface area contributed by atoms with E-state index in [-0.39, 0.29) is 5.56 Å². The minimum absolute atomic E-state index is 0.0205. The smallest absolute Gasteiger partial charge is 0.419 e. The van der Waals surface area contributed by atoms with Crippen LogP contribution in [-0.4, -0.2) is 11.6 Å². The second-order valence-corrected chi connectivity index (χ2v) is 7.29. The van der Waals surface area contributed by atoms with Crippen LogP contribution in [0.1, 0.15) is 43.1 Å². The first-order valence-electron chi connectivity index (χ1n) is 9.21. The Hall–Kier alpha value is -3.02. The Bertz CT molecular complexity index is 1030. The Labute approximate surface area is 167 Å².